The average Bonchev–Trinajstić information content (AvgIpc) is 3.49. The molecule has 0 fully saturated rings. The van der Waals surface area contributed by atoms with Crippen molar-refractivity contribution < 1.29 is 22.5 Å². The predicted octanol–water partition coefficient (Wildman–Crippen LogP) is 5.76. The molecule has 0 aliphatic rings. The van der Waals surface area contributed by atoms with Crippen molar-refractivity contribution in [2.75, 3.05) is 18.4 Å². The molecule has 2 N–H and O–H groups in total. The van der Waals surface area contributed by atoms with E-state index in [1.807, 2.05) is 36.6 Å². The van der Waals surface area contributed by atoms with Gasteiger partial charge in [0.15, 0.2) is 5.76 Å². The first-order valence-electron chi connectivity index (χ1n) is 13.9. The minimum absolute atomic E-state index is 0.0570. The first kappa shape index (κ1) is 31.3. The number of imidazole rings is 1. The zero-order valence-corrected chi connectivity index (χ0v) is 26.0. The molecule has 12 heteroatoms. The summed E-state index contributed by atoms with van der Waals surface area (Å²) in [4.78, 5) is 17.7. The normalized spacial score (nSPS) is 11.6. The molecule has 0 saturated carbocycles. The predicted molar refractivity (Wildman–Crippen MR) is 162 cm³/mol. The van der Waals surface area contributed by atoms with Crippen molar-refractivity contribution in [2.24, 2.45) is 0 Å². The summed E-state index contributed by atoms with van der Waals surface area (Å²) in [7, 11) is -2.47. The summed E-state index contributed by atoms with van der Waals surface area (Å²) in [6, 6.07) is 12.5. The molecule has 0 aliphatic heterocycles. The van der Waals surface area contributed by atoms with Crippen LogP contribution in [0.5, 0.6) is 0 Å². The lowest BCUT2D eigenvalue weighted by molar-refractivity contribution is 0.0953. The third-order valence-electron chi connectivity index (χ3n) is 6.83. The summed E-state index contributed by atoms with van der Waals surface area (Å²) in [6.45, 7) is 8.75. The number of aryl methyl sites for hydroxylation is 3. The van der Waals surface area contributed by atoms with E-state index in [-0.39, 0.29) is 28.3 Å². The van der Waals surface area contributed by atoms with E-state index < -0.39 is 10.0 Å². The largest absolute Gasteiger partial charge is 0.377 e. The van der Waals surface area contributed by atoms with E-state index in [2.05, 4.69) is 22.1 Å². The number of benzene rings is 2. The Hall–Kier alpha value is -3.67. The molecule has 42 heavy (non-hydrogen) atoms. The van der Waals surface area contributed by atoms with Gasteiger partial charge < -0.3 is 19.1 Å². The van der Waals surface area contributed by atoms with Crippen LogP contribution in [0.15, 0.2) is 51.9 Å². The van der Waals surface area contributed by atoms with Crippen LogP contribution in [-0.4, -0.2) is 42.7 Å². The van der Waals surface area contributed by atoms with Crippen molar-refractivity contribution in [3.63, 3.8) is 0 Å². The molecular formula is C30H36ClN5O5S. The number of aromatic nitrogens is 3. The Kier molecular flexibility index (Phi) is 10.1. The number of amides is 1. The smallest absolute Gasteiger partial charge is 0.269 e. The highest BCUT2D eigenvalue weighted by Gasteiger charge is 2.25. The number of sulfonamides is 1. The molecule has 10 nitrogen and oxygen atoms in total. The van der Waals surface area contributed by atoms with Gasteiger partial charge in [-0.1, -0.05) is 67.0 Å². The van der Waals surface area contributed by atoms with Gasteiger partial charge >= 0.3 is 0 Å². The van der Waals surface area contributed by atoms with Crippen molar-refractivity contribution in [2.45, 2.75) is 65.0 Å². The SMILES string of the molecule is CCCc1nc(CC)c(C(=O)NC)n1Cc1ccc(-c2ccccc2S(=O)(=O)Nc2noc(C)c2Cl)c(COCC)c1. The molecule has 2 aromatic heterocycles. The number of anilines is 1. The number of nitrogens with zero attached hydrogens (tertiary/aromatic N) is 3. The molecule has 0 saturated heterocycles. The number of halogens is 1. The average molecular weight is 614 g/mol. The van der Waals surface area contributed by atoms with Gasteiger partial charge in [-0.3, -0.25) is 9.52 Å². The number of rotatable bonds is 13. The van der Waals surface area contributed by atoms with E-state index in [9.17, 15) is 13.2 Å². The maximum absolute atomic E-state index is 13.5. The summed E-state index contributed by atoms with van der Waals surface area (Å²) in [5.74, 6) is 0.910. The maximum Gasteiger partial charge on any atom is 0.269 e. The number of hydrogen-bond donors (Lipinski definition) is 2. The molecule has 2 heterocycles. The van der Waals surface area contributed by atoms with Crippen LogP contribution in [0, 0.1) is 6.92 Å². The number of carbonyl (C=O) groups is 1. The Morgan fingerprint density at radius 1 is 1.12 bits per heavy atom. The third kappa shape index (κ3) is 6.53. The van der Waals surface area contributed by atoms with Gasteiger partial charge in [-0.2, -0.15) is 0 Å². The Bertz CT molecular complexity index is 1680. The summed E-state index contributed by atoms with van der Waals surface area (Å²) in [5, 5.41) is 6.59. The molecule has 0 aliphatic carbocycles. The number of hydrogen-bond acceptors (Lipinski definition) is 7. The molecule has 0 spiro atoms. The summed E-state index contributed by atoms with van der Waals surface area (Å²) in [6.07, 6.45) is 2.26. The van der Waals surface area contributed by atoms with Gasteiger partial charge in [0.05, 0.1) is 17.2 Å². The van der Waals surface area contributed by atoms with Gasteiger partial charge in [0.25, 0.3) is 15.9 Å². The van der Waals surface area contributed by atoms with Gasteiger partial charge in [0.2, 0.25) is 5.82 Å². The van der Waals surface area contributed by atoms with E-state index in [0.29, 0.717) is 42.2 Å². The summed E-state index contributed by atoms with van der Waals surface area (Å²) >= 11 is 6.18. The fourth-order valence-electron chi connectivity index (χ4n) is 4.81. The number of nitrogens with one attached hydrogen (secondary N) is 2. The molecule has 2 aromatic carbocycles. The van der Waals surface area contributed by atoms with Gasteiger partial charge in [-0.15, -0.1) is 0 Å². The van der Waals surface area contributed by atoms with E-state index in [1.165, 1.54) is 6.07 Å². The van der Waals surface area contributed by atoms with Crippen LogP contribution >= 0.6 is 11.6 Å². The van der Waals surface area contributed by atoms with Crippen LogP contribution in [0.1, 0.15) is 66.1 Å². The standard InChI is InChI=1S/C30H36ClN5O5S/c1-6-11-26-33-24(7-2)28(30(37)32-5)36(26)17-20-14-15-22(21(16-20)18-40-8-3)23-12-9-10-13-25(23)42(38,39)35-29-27(31)19(4)41-34-29/h9-10,12-16H,6-8,11,17-18H2,1-5H3,(H,32,37)(H,34,35). The highest BCUT2D eigenvalue weighted by atomic mass is 35.5. The van der Waals surface area contributed by atoms with Crippen molar-refractivity contribution in [1.82, 2.24) is 20.0 Å². The Morgan fingerprint density at radius 2 is 1.88 bits per heavy atom. The van der Waals surface area contributed by atoms with Crippen molar-refractivity contribution in [3.05, 3.63) is 81.6 Å². The van der Waals surface area contributed by atoms with Crippen LogP contribution in [-0.2, 0) is 40.8 Å². The zero-order chi connectivity index (χ0) is 30.4. The third-order valence-corrected chi connectivity index (χ3v) is 8.67. The molecule has 4 aromatic rings. The lowest BCUT2D eigenvalue weighted by atomic mass is 9.97. The quantitative estimate of drug-likeness (QED) is 0.196. The highest BCUT2D eigenvalue weighted by molar-refractivity contribution is 7.92. The highest BCUT2D eigenvalue weighted by Crippen LogP contribution is 2.34. The van der Waals surface area contributed by atoms with E-state index in [0.717, 1.165) is 35.5 Å². The molecule has 0 radical (unpaired) electrons. The number of carbonyl (C=O) groups excluding carboxylic acids is 1. The Balaban J connectivity index is 1.79. The summed E-state index contributed by atoms with van der Waals surface area (Å²) < 4.78 is 42.3. The van der Waals surface area contributed by atoms with E-state index >= 15 is 0 Å². The fourth-order valence-corrected chi connectivity index (χ4v) is 6.21. The minimum atomic E-state index is -4.08. The van der Waals surface area contributed by atoms with Gasteiger partial charge in [0, 0.05) is 32.2 Å². The topological polar surface area (TPSA) is 128 Å². The second-order valence-corrected chi connectivity index (χ2v) is 11.8. The first-order chi connectivity index (χ1) is 20.1. The first-order valence-corrected chi connectivity index (χ1v) is 15.7. The molecule has 4 rings (SSSR count). The zero-order valence-electron chi connectivity index (χ0n) is 24.5. The Morgan fingerprint density at radius 3 is 2.52 bits per heavy atom. The van der Waals surface area contributed by atoms with Crippen LogP contribution in [0.25, 0.3) is 11.1 Å². The molecule has 224 valence electrons. The second-order valence-electron chi connectivity index (χ2n) is 9.72. The van der Waals surface area contributed by atoms with Crippen molar-refractivity contribution in [3.8, 4) is 11.1 Å². The van der Waals surface area contributed by atoms with Gasteiger partial charge in [-0.25, -0.2) is 13.4 Å². The molecular weight excluding hydrogens is 578 g/mol. The monoisotopic (exact) mass is 613 g/mol. The van der Waals surface area contributed by atoms with Crippen molar-refractivity contribution >= 4 is 33.3 Å². The Labute approximate surface area is 251 Å². The lowest BCUT2D eigenvalue weighted by Crippen LogP contribution is -2.24. The minimum Gasteiger partial charge on any atom is -0.377 e. The molecule has 0 unspecified atom stereocenters. The maximum atomic E-state index is 13.5. The van der Waals surface area contributed by atoms with E-state index in [1.54, 1.807) is 32.2 Å². The van der Waals surface area contributed by atoms with Crippen LogP contribution in [0.3, 0.4) is 0 Å². The van der Waals surface area contributed by atoms with Gasteiger partial charge in [-0.05, 0) is 49.4 Å². The molecule has 0 bridgehead atoms. The van der Waals surface area contributed by atoms with E-state index in [4.69, 9.17) is 25.8 Å². The van der Waals surface area contributed by atoms with Gasteiger partial charge in [0.1, 0.15) is 16.5 Å². The van der Waals surface area contributed by atoms with Crippen LogP contribution in [0.2, 0.25) is 5.02 Å². The summed E-state index contributed by atoms with van der Waals surface area (Å²) in [5.41, 5.74) is 4.26. The lowest BCUT2D eigenvalue weighted by Gasteiger charge is -2.17. The molecule has 1 amide bonds. The number of ether oxygens (including phenoxy) is 1. The van der Waals surface area contributed by atoms with Crippen LogP contribution in [0.4, 0.5) is 5.82 Å². The fraction of sp³-hybridized carbons (Fsp3) is 0.367. The van der Waals surface area contributed by atoms with Crippen molar-refractivity contribution in [1.29, 1.82) is 0 Å². The van der Waals surface area contributed by atoms with Crippen LogP contribution < -0.4 is 10.0 Å². The molecule has 0 atom stereocenters. The second kappa shape index (κ2) is 13.5.